The van der Waals surface area contributed by atoms with E-state index in [0.29, 0.717) is 37.6 Å². The Morgan fingerprint density at radius 3 is 2.52 bits per heavy atom. The van der Waals surface area contributed by atoms with E-state index in [9.17, 15) is 9.59 Å². The highest BCUT2D eigenvalue weighted by Crippen LogP contribution is 2.11. The van der Waals surface area contributed by atoms with E-state index in [2.05, 4.69) is 16.0 Å². The molecule has 1 aromatic rings. The van der Waals surface area contributed by atoms with Gasteiger partial charge < -0.3 is 25.4 Å². The lowest BCUT2D eigenvalue weighted by molar-refractivity contribution is -0.120. The van der Waals surface area contributed by atoms with Gasteiger partial charge >= 0.3 is 0 Å². The molecule has 0 aliphatic carbocycles. The van der Waals surface area contributed by atoms with Crippen molar-refractivity contribution in [3.8, 4) is 5.75 Å². The summed E-state index contributed by atoms with van der Waals surface area (Å²) in [6.07, 6.45) is 0. The van der Waals surface area contributed by atoms with Gasteiger partial charge in [0, 0.05) is 32.3 Å². The maximum atomic E-state index is 11.9. The fraction of sp³-hybridized carbons (Fsp3) is 0.467. The SMILES string of the molecule is COCCNCC(=O)NCCNC(=O)c1cccc(OC)c1.Cl. The first kappa shape index (κ1) is 21.2. The maximum Gasteiger partial charge on any atom is 0.251 e. The lowest BCUT2D eigenvalue weighted by atomic mass is 10.2. The Balaban J connectivity index is 0.00000484. The molecule has 23 heavy (non-hydrogen) atoms. The van der Waals surface area contributed by atoms with E-state index in [4.69, 9.17) is 9.47 Å². The smallest absolute Gasteiger partial charge is 0.251 e. The van der Waals surface area contributed by atoms with Gasteiger partial charge in [0.15, 0.2) is 0 Å². The van der Waals surface area contributed by atoms with E-state index < -0.39 is 0 Å². The monoisotopic (exact) mass is 345 g/mol. The number of amides is 2. The van der Waals surface area contributed by atoms with Crippen LogP contribution in [0, 0.1) is 0 Å². The largest absolute Gasteiger partial charge is 0.497 e. The Labute approximate surface area is 142 Å². The van der Waals surface area contributed by atoms with Crippen LogP contribution in [0.1, 0.15) is 10.4 Å². The molecule has 2 amide bonds. The normalized spacial score (nSPS) is 9.65. The highest BCUT2D eigenvalue weighted by Gasteiger charge is 2.06. The van der Waals surface area contributed by atoms with Crippen molar-refractivity contribution in [3.05, 3.63) is 29.8 Å². The lowest BCUT2D eigenvalue weighted by Gasteiger charge is -2.08. The van der Waals surface area contributed by atoms with Crippen LogP contribution in [-0.4, -0.2) is 58.8 Å². The summed E-state index contributed by atoms with van der Waals surface area (Å²) < 4.78 is 9.92. The first-order valence-corrected chi connectivity index (χ1v) is 7.06. The number of ether oxygens (including phenoxy) is 2. The predicted octanol–water partition coefficient (Wildman–Crippen LogP) is 0.199. The lowest BCUT2D eigenvalue weighted by Crippen LogP contribution is -2.39. The summed E-state index contributed by atoms with van der Waals surface area (Å²) in [5, 5.41) is 8.38. The molecular weight excluding hydrogens is 322 g/mol. The molecule has 0 fully saturated rings. The summed E-state index contributed by atoms with van der Waals surface area (Å²) in [5.41, 5.74) is 0.520. The van der Waals surface area contributed by atoms with Crippen LogP contribution in [0.25, 0.3) is 0 Å². The number of carbonyl (C=O) groups is 2. The summed E-state index contributed by atoms with van der Waals surface area (Å²) in [6, 6.07) is 6.89. The number of methoxy groups -OCH3 is 2. The number of hydrogen-bond donors (Lipinski definition) is 3. The summed E-state index contributed by atoms with van der Waals surface area (Å²) in [5.74, 6) is 0.307. The first-order valence-electron chi connectivity index (χ1n) is 7.06. The number of hydrogen-bond acceptors (Lipinski definition) is 5. The molecule has 0 bridgehead atoms. The van der Waals surface area contributed by atoms with E-state index in [0.717, 1.165) is 0 Å². The maximum absolute atomic E-state index is 11.9. The summed E-state index contributed by atoms with van der Waals surface area (Å²) >= 11 is 0. The molecule has 0 saturated heterocycles. The van der Waals surface area contributed by atoms with Gasteiger partial charge in [0.1, 0.15) is 5.75 Å². The fourth-order valence-electron chi connectivity index (χ4n) is 1.68. The van der Waals surface area contributed by atoms with Gasteiger partial charge in [-0.05, 0) is 18.2 Å². The van der Waals surface area contributed by atoms with Gasteiger partial charge in [0.2, 0.25) is 5.91 Å². The zero-order chi connectivity index (χ0) is 16.2. The van der Waals surface area contributed by atoms with Crippen molar-refractivity contribution in [2.24, 2.45) is 0 Å². The second kappa shape index (κ2) is 12.7. The molecule has 0 aromatic heterocycles. The third-order valence-corrected chi connectivity index (χ3v) is 2.83. The van der Waals surface area contributed by atoms with Crippen molar-refractivity contribution in [2.45, 2.75) is 0 Å². The zero-order valence-electron chi connectivity index (χ0n) is 13.4. The topological polar surface area (TPSA) is 88.7 Å². The van der Waals surface area contributed by atoms with Crippen LogP contribution in [-0.2, 0) is 9.53 Å². The molecular formula is C15H24ClN3O4. The van der Waals surface area contributed by atoms with Crippen LogP contribution in [0.4, 0.5) is 0 Å². The quantitative estimate of drug-likeness (QED) is 0.527. The van der Waals surface area contributed by atoms with Gasteiger partial charge in [-0.1, -0.05) is 6.07 Å². The Hall–Kier alpha value is -1.83. The van der Waals surface area contributed by atoms with Crippen LogP contribution in [0.3, 0.4) is 0 Å². The van der Waals surface area contributed by atoms with E-state index in [1.165, 1.54) is 0 Å². The molecule has 0 spiro atoms. The van der Waals surface area contributed by atoms with Crippen molar-refractivity contribution >= 4 is 24.2 Å². The molecule has 0 saturated carbocycles. The van der Waals surface area contributed by atoms with Gasteiger partial charge in [0.25, 0.3) is 5.91 Å². The average Bonchev–Trinajstić information content (AvgIpc) is 2.55. The van der Waals surface area contributed by atoms with Crippen molar-refractivity contribution in [1.29, 1.82) is 0 Å². The van der Waals surface area contributed by atoms with E-state index in [1.54, 1.807) is 38.5 Å². The standard InChI is InChI=1S/C15H23N3O4.ClH/c1-21-9-8-16-11-14(19)17-6-7-18-15(20)12-4-3-5-13(10-12)22-2;/h3-5,10,16H,6-9,11H2,1-2H3,(H,17,19)(H,18,20);1H. The highest BCUT2D eigenvalue weighted by atomic mass is 35.5. The second-order valence-electron chi connectivity index (χ2n) is 4.51. The van der Waals surface area contributed by atoms with Crippen molar-refractivity contribution < 1.29 is 19.1 Å². The number of nitrogens with one attached hydrogen (secondary N) is 3. The number of rotatable bonds is 10. The third kappa shape index (κ3) is 9.02. The molecule has 0 atom stereocenters. The van der Waals surface area contributed by atoms with Crippen LogP contribution >= 0.6 is 12.4 Å². The molecule has 0 radical (unpaired) electrons. The molecule has 130 valence electrons. The summed E-state index contributed by atoms with van der Waals surface area (Å²) in [4.78, 5) is 23.4. The van der Waals surface area contributed by atoms with E-state index in [-0.39, 0.29) is 30.8 Å². The number of benzene rings is 1. The molecule has 0 aliphatic rings. The molecule has 0 heterocycles. The fourth-order valence-corrected chi connectivity index (χ4v) is 1.68. The van der Waals surface area contributed by atoms with Crippen molar-refractivity contribution in [2.75, 3.05) is 47.0 Å². The number of carbonyl (C=O) groups excluding carboxylic acids is 2. The molecule has 7 nitrogen and oxygen atoms in total. The minimum absolute atomic E-state index is 0. The minimum Gasteiger partial charge on any atom is -0.497 e. The molecule has 0 unspecified atom stereocenters. The Bertz CT molecular complexity index is 486. The molecule has 0 aliphatic heterocycles. The van der Waals surface area contributed by atoms with Crippen LogP contribution in [0.2, 0.25) is 0 Å². The Kier molecular flexibility index (Phi) is 11.7. The van der Waals surface area contributed by atoms with Gasteiger partial charge in [-0.2, -0.15) is 0 Å². The second-order valence-corrected chi connectivity index (χ2v) is 4.51. The third-order valence-electron chi connectivity index (χ3n) is 2.83. The Morgan fingerprint density at radius 1 is 1.09 bits per heavy atom. The molecule has 3 N–H and O–H groups in total. The Morgan fingerprint density at radius 2 is 1.83 bits per heavy atom. The van der Waals surface area contributed by atoms with Crippen LogP contribution < -0.4 is 20.7 Å². The molecule has 1 aromatic carbocycles. The minimum atomic E-state index is -0.202. The zero-order valence-corrected chi connectivity index (χ0v) is 14.2. The first-order chi connectivity index (χ1) is 10.7. The summed E-state index contributed by atoms with van der Waals surface area (Å²) in [6.45, 7) is 2.15. The molecule has 8 heteroatoms. The van der Waals surface area contributed by atoms with E-state index in [1.807, 2.05) is 0 Å². The highest BCUT2D eigenvalue weighted by molar-refractivity contribution is 5.94. The van der Waals surface area contributed by atoms with Crippen LogP contribution in [0.15, 0.2) is 24.3 Å². The average molecular weight is 346 g/mol. The predicted molar refractivity (Wildman–Crippen MR) is 90.3 cm³/mol. The molecule has 1 rings (SSSR count). The van der Waals surface area contributed by atoms with Crippen molar-refractivity contribution in [3.63, 3.8) is 0 Å². The van der Waals surface area contributed by atoms with Gasteiger partial charge in [-0.25, -0.2) is 0 Å². The van der Waals surface area contributed by atoms with Gasteiger partial charge in [-0.15, -0.1) is 12.4 Å². The van der Waals surface area contributed by atoms with Gasteiger partial charge in [0.05, 0.1) is 20.3 Å². The number of halogens is 1. The van der Waals surface area contributed by atoms with Crippen molar-refractivity contribution in [1.82, 2.24) is 16.0 Å². The summed E-state index contributed by atoms with van der Waals surface area (Å²) in [7, 11) is 3.15. The van der Waals surface area contributed by atoms with Crippen LogP contribution in [0.5, 0.6) is 5.75 Å². The van der Waals surface area contributed by atoms with E-state index >= 15 is 0 Å². The van der Waals surface area contributed by atoms with Gasteiger partial charge in [-0.3, -0.25) is 9.59 Å².